The molecule has 0 radical (unpaired) electrons. The number of carbonyl (C=O) groups is 1. The summed E-state index contributed by atoms with van der Waals surface area (Å²) in [4.78, 5) is 16.0. The van der Waals surface area contributed by atoms with Crippen molar-refractivity contribution in [2.24, 2.45) is 5.16 Å². The summed E-state index contributed by atoms with van der Waals surface area (Å²) < 4.78 is 22.9. The van der Waals surface area contributed by atoms with E-state index in [0.717, 1.165) is 6.26 Å². The second-order valence-electron chi connectivity index (χ2n) is 4.32. The van der Waals surface area contributed by atoms with Crippen LogP contribution in [-0.4, -0.2) is 37.6 Å². The van der Waals surface area contributed by atoms with Gasteiger partial charge in [-0.1, -0.05) is 22.8 Å². The minimum atomic E-state index is -3.47. The minimum Gasteiger partial charge on any atom is -0.476 e. The minimum absolute atomic E-state index is 0.0662. The molecule has 1 rings (SSSR count). The Morgan fingerprint density at radius 2 is 2.00 bits per heavy atom. The maximum absolute atomic E-state index is 11.4. The van der Waals surface area contributed by atoms with Crippen LogP contribution in [0.3, 0.4) is 0 Å². The second-order valence-corrected chi connectivity index (χ2v) is 6.71. The first-order chi connectivity index (χ1) is 9.12. The highest BCUT2D eigenvalue weighted by molar-refractivity contribution is 7.90. The molecule has 1 aromatic carbocycles. The summed E-state index contributed by atoms with van der Waals surface area (Å²) >= 11 is 5.86. The van der Waals surface area contributed by atoms with E-state index < -0.39 is 15.8 Å². The smallest absolute Gasteiger partial charge is 0.358 e. The molecule has 0 bridgehead atoms. The summed E-state index contributed by atoms with van der Waals surface area (Å²) in [6, 6.07) is 3.79. The number of rotatable bonds is 5. The van der Waals surface area contributed by atoms with Crippen LogP contribution >= 0.6 is 11.6 Å². The molecule has 0 aromatic heterocycles. The number of nitrogens with zero attached hydrogens (tertiary/aromatic N) is 1. The van der Waals surface area contributed by atoms with Crippen LogP contribution in [-0.2, 0) is 19.5 Å². The SMILES string of the molecule is CC(C)ON=C(C(=O)O)c1ccc(S(C)(=O)=O)c(Cl)c1. The zero-order chi connectivity index (χ0) is 15.5. The zero-order valence-electron chi connectivity index (χ0n) is 11.1. The van der Waals surface area contributed by atoms with Gasteiger partial charge in [0.2, 0.25) is 0 Å². The number of benzene rings is 1. The fraction of sp³-hybridized carbons (Fsp3) is 0.333. The van der Waals surface area contributed by atoms with Crippen LogP contribution in [0, 0.1) is 0 Å². The first-order valence-electron chi connectivity index (χ1n) is 5.60. The molecule has 0 saturated carbocycles. The van der Waals surface area contributed by atoms with Crippen molar-refractivity contribution in [3.05, 3.63) is 28.8 Å². The van der Waals surface area contributed by atoms with Crippen molar-refractivity contribution in [1.82, 2.24) is 0 Å². The predicted octanol–water partition coefficient (Wildman–Crippen LogP) is 1.96. The standard InChI is InChI=1S/C12H14ClNO5S/c1-7(2)19-14-11(12(15)16)8-4-5-10(9(13)6-8)20(3,17)18/h4-7H,1-3H3,(H,15,16). The molecule has 110 valence electrons. The molecular formula is C12H14ClNO5S. The Hall–Kier alpha value is -1.60. The van der Waals surface area contributed by atoms with E-state index in [1.54, 1.807) is 13.8 Å². The van der Waals surface area contributed by atoms with E-state index in [2.05, 4.69) is 5.16 Å². The molecular weight excluding hydrogens is 306 g/mol. The van der Waals surface area contributed by atoms with Gasteiger partial charge in [0.25, 0.3) is 0 Å². The van der Waals surface area contributed by atoms with Crippen LogP contribution in [0.5, 0.6) is 0 Å². The molecule has 1 aromatic rings. The van der Waals surface area contributed by atoms with E-state index in [9.17, 15) is 13.2 Å². The largest absolute Gasteiger partial charge is 0.476 e. The molecule has 0 aliphatic heterocycles. The van der Waals surface area contributed by atoms with Crippen molar-refractivity contribution >= 4 is 33.1 Å². The van der Waals surface area contributed by atoms with Crippen molar-refractivity contribution in [2.75, 3.05) is 6.26 Å². The Morgan fingerprint density at radius 1 is 1.40 bits per heavy atom. The van der Waals surface area contributed by atoms with Gasteiger partial charge in [0.05, 0.1) is 9.92 Å². The Morgan fingerprint density at radius 3 is 2.40 bits per heavy atom. The fourth-order valence-corrected chi connectivity index (χ4v) is 2.65. The van der Waals surface area contributed by atoms with Gasteiger partial charge in [-0.25, -0.2) is 13.2 Å². The molecule has 8 heteroatoms. The summed E-state index contributed by atoms with van der Waals surface area (Å²) in [6.45, 7) is 3.39. The van der Waals surface area contributed by atoms with Crippen molar-refractivity contribution in [3.8, 4) is 0 Å². The number of aliphatic carboxylic acids is 1. The van der Waals surface area contributed by atoms with E-state index in [4.69, 9.17) is 21.5 Å². The Bertz CT molecular complexity index is 652. The third-order valence-electron chi connectivity index (χ3n) is 2.16. The molecule has 0 fully saturated rings. The van der Waals surface area contributed by atoms with Gasteiger partial charge in [-0.2, -0.15) is 0 Å². The van der Waals surface area contributed by atoms with Gasteiger partial charge in [0, 0.05) is 11.8 Å². The average Bonchev–Trinajstić information content (AvgIpc) is 2.26. The first kappa shape index (κ1) is 16.5. The Kier molecular flexibility index (Phi) is 5.13. The van der Waals surface area contributed by atoms with Gasteiger partial charge in [-0.3, -0.25) is 0 Å². The monoisotopic (exact) mass is 319 g/mol. The zero-order valence-corrected chi connectivity index (χ0v) is 12.7. The van der Waals surface area contributed by atoms with Gasteiger partial charge in [-0.15, -0.1) is 0 Å². The van der Waals surface area contributed by atoms with Crippen LogP contribution < -0.4 is 0 Å². The number of carboxylic acids is 1. The van der Waals surface area contributed by atoms with Crippen LogP contribution in [0.4, 0.5) is 0 Å². The van der Waals surface area contributed by atoms with E-state index >= 15 is 0 Å². The number of halogens is 1. The number of carboxylic acid groups (broad SMARTS) is 1. The topological polar surface area (TPSA) is 93.0 Å². The normalized spacial score (nSPS) is 12.6. The molecule has 0 heterocycles. The number of hydrogen-bond donors (Lipinski definition) is 1. The molecule has 0 spiro atoms. The molecule has 0 atom stereocenters. The van der Waals surface area contributed by atoms with Gasteiger partial charge in [0.15, 0.2) is 15.5 Å². The van der Waals surface area contributed by atoms with Crippen molar-refractivity contribution in [1.29, 1.82) is 0 Å². The van der Waals surface area contributed by atoms with Gasteiger partial charge in [-0.05, 0) is 26.0 Å². The number of oxime groups is 1. The maximum atomic E-state index is 11.4. The highest BCUT2D eigenvalue weighted by Gasteiger charge is 2.18. The van der Waals surface area contributed by atoms with E-state index in [1.807, 2.05) is 0 Å². The Balaban J connectivity index is 3.28. The molecule has 20 heavy (non-hydrogen) atoms. The molecule has 1 N–H and O–H groups in total. The van der Waals surface area contributed by atoms with E-state index in [1.165, 1.54) is 18.2 Å². The van der Waals surface area contributed by atoms with Crippen LogP contribution in [0.2, 0.25) is 5.02 Å². The summed E-state index contributed by atoms with van der Waals surface area (Å²) in [6.07, 6.45) is 0.734. The van der Waals surface area contributed by atoms with Crippen LogP contribution in [0.1, 0.15) is 19.4 Å². The molecule has 6 nitrogen and oxygen atoms in total. The highest BCUT2D eigenvalue weighted by Crippen LogP contribution is 2.23. The summed E-state index contributed by atoms with van der Waals surface area (Å²) in [5.74, 6) is -1.30. The lowest BCUT2D eigenvalue weighted by molar-refractivity contribution is -0.129. The first-order valence-corrected chi connectivity index (χ1v) is 7.87. The van der Waals surface area contributed by atoms with Crippen LogP contribution in [0.15, 0.2) is 28.3 Å². The third kappa shape index (κ3) is 4.21. The third-order valence-corrected chi connectivity index (χ3v) is 3.74. The lowest BCUT2D eigenvalue weighted by Crippen LogP contribution is -2.16. The maximum Gasteiger partial charge on any atom is 0.358 e. The predicted molar refractivity (Wildman–Crippen MR) is 75.0 cm³/mol. The lowest BCUT2D eigenvalue weighted by atomic mass is 10.1. The quantitative estimate of drug-likeness (QED) is 0.661. The van der Waals surface area contributed by atoms with E-state index in [-0.39, 0.29) is 27.3 Å². The van der Waals surface area contributed by atoms with Crippen molar-refractivity contribution in [3.63, 3.8) is 0 Å². The van der Waals surface area contributed by atoms with Crippen molar-refractivity contribution in [2.45, 2.75) is 24.8 Å². The molecule has 0 saturated heterocycles. The summed E-state index contributed by atoms with van der Waals surface area (Å²) in [5.41, 5.74) is -0.184. The van der Waals surface area contributed by atoms with Gasteiger partial charge in [0.1, 0.15) is 6.10 Å². The Labute approximate surface area is 121 Å². The summed E-state index contributed by atoms with van der Waals surface area (Å²) in [7, 11) is -3.47. The molecule has 0 aliphatic carbocycles. The fourth-order valence-electron chi connectivity index (χ4n) is 1.32. The number of hydrogen-bond acceptors (Lipinski definition) is 5. The lowest BCUT2D eigenvalue weighted by Gasteiger charge is -2.07. The van der Waals surface area contributed by atoms with Crippen LogP contribution in [0.25, 0.3) is 0 Å². The second kappa shape index (κ2) is 6.23. The molecule has 0 unspecified atom stereocenters. The average molecular weight is 320 g/mol. The van der Waals surface area contributed by atoms with Crippen molar-refractivity contribution < 1.29 is 23.2 Å². The van der Waals surface area contributed by atoms with Gasteiger partial charge >= 0.3 is 5.97 Å². The molecule has 0 aliphatic rings. The van der Waals surface area contributed by atoms with Gasteiger partial charge < -0.3 is 9.94 Å². The highest BCUT2D eigenvalue weighted by atomic mass is 35.5. The molecule has 0 amide bonds. The van der Waals surface area contributed by atoms with E-state index in [0.29, 0.717) is 0 Å². The summed E-state index contributed by atoms with van der Waals surface area (Å²) in [5, 5.41) is 12.6. The number of sulfone groups is 1.